The third-order valence-corrected chi connectivity index (χ3v) is 5.77. The summed E-state index contributed by atoms with van der Waals surface area (Å²) in [5.41, 5.74) is -0.0654. The van der Waals surface area contributed by atoms with Crippen LogP contribution in [0.4, 0.5) is 4.39 Å². The smallest absolute Gasteiger partial charge is 0.267 e. The lowest BCUT2D eigenvalue weighted by Gasteiger charge is -2.31. The molecule has 1 saturated heterocycles. The van der Waals surface area contributed by atoms with Crippen molar-refractivity contribution >= 4 is 11.6 Å². The largest absolute Gasteiger partial charge is 0.379 e. The van der Waals surface area contributed by atoms with Gasteiger partial charge in [-0.25, -0.2) is 4.39 Å². The van der Waals surface area contributed by atoms with Crippen LogP contribution in [0.2, 0.25) is 0 Å². The Balaban J connectivity index is 1.32. The molecule has 0 spiro atoms. The Morgan fingerprint density at radius 3 is 2.74 bits per heavy atom. The lowest BCUT2D eigenvalue weighted by molar-refractivity contribution is -0.142. The van der Waals surface area contributed by atoms with Crippen LogP contribution in [-0.4, -0.2) is 61.5 Å². The molecule has 0 aromatic heterocycles. The molecule has 1 aromatic carbocycles. The summed E-state index contributed by atoms with van der Waals surface area (Å²) in [6.45, 7) is 6.81. The van der Waals surface area contributed by atoms with Gasteiger partial charge in [0.05, 0.1) is 18.9 Å². The van der Waals surface area contributed by atoms with Crippen molar-refractivity contribution in [3.8, 4) is 0 Å². The zero-order valence-corrected chi connectivity index (χ0v) is 15.7. The number of hydrogen-bond acceptors (Lipinski definition) is 5. The SMILES string of the molecule is CC1(C(=O)NCC2(CN3CCOCC3)CC2)CC(c2ccccc2F)=NO1. The molecule has 2 fully saturated rings. The number of ether oxygens (including phenoxy) is 1. The zero-order chi connectivity index (χ0) is 18.9. The molecule has 1 saturated carbocycles. The van der Waals surface area contributed by atoms with Gasteiger partial charge in [0.25, 0.3) is 5.91 Å². The minimum Gasteiger partial charge on any atom is -0.379 e. The standard InChI is InChI=1S/C20H26FN3O3/c1-19(12-17(23-27-19)15-4-2-3-5-16(15)21)18(25)22-13-20(6-7-20)14-24-8-10-26-11-9-24/h2-5H,6-14H2,1H3,(H,22,25). The molecular formula is C20H26FN3O3. The number of carbonyl (C=O) groups excluding carboxylic acids is 1. The van der Waals surface area contributed by atoms with E-state index in [0.29, 0.717) is 17.8 Å². The van der Waals surface area contributed by atoms with E-state index < -0.39 is 5.60 Å². The van der Waals surface area contributed by atoms with Gasteiger partial charge in [0, 0.05) is 43.6 Å². The van der Waals surface area contributed by atoms with Gasteiger partial charge < -0.3 is 14.9 Å². The summed E-state index contributed by atoms with van der Waals surface area (Å²) in [6, 6.07) is 6.42. The van der Waals surface area contributed by atoms with Gasteiger partial charge in [-0.2, -0.15) is 0 Å². The van der Waals surface area contributed by atoms with Crippen LogP contribution in [0.1, 0.15) is 31.7 Å². The summed E-state index contributed by atoms with van der Waals surface area (Å²) < 4.78 is 19.4. The van der Waals surface area contributed by atoms with Crippen LogP contribution in [0.15, 0.2) is 29.4 Å². The van der Waals surface area contributed by atoms with Gasteiger partial charge in [-0.05, 0) is 25.8 Å². The van der Waals surface area contributed by atoms with Crippen molar-refractivity contribution in [3.05, 3.63) is 35.6 Å². The van der Waals surface area contributed by atoms with E-state index in [-0.39, 0.29) is 23.6 Å². The fourth-order valence-electron chi connectivity index (χ4n) is 3.76. The molecule has 146 valence electrons. The lowest BCUT2D eigenvalue weighted by Crippen LogP contribution is -2.48. The summed E-state index contributed by atoms with van der Waals surface area (Å²) in [7, 11) is 0. The van der Waals surface area contributed by atoms with Gasteiger partial charge in [0.1, 0.15) is 5.82 Å². The fraction of sp³-hybridized carbons (Fsp3) is 0.600. The predicted octanol–water partition coefficient (Wildman–Crippen LogP) is 1.94. The van der Waals surface area contributed by atoms with Crippen molar-refractivity contribution in [2.45, 2.75) is 31.8 Å². The molecule has 2 heterocycles. The number of carbonyl (C=O) groups is 1. The van der Waals surface area contributed by atoms with Gasteiger partial charge >= 0.3 is 0 Å². The van der Waals surface area contributed by atoms with Crippen LogP contribution in [0.25, 0.3) is 0 Å². The van der Waals surface area contributed by atoms with Crippen LogP contribution in [-0.2, 0) is 14.4 Å². The Morgan fingerprint density at radius 2 is 2.04 bits per heavy atom. The van der Waals surface area contributed by atoms with E-state index in [9.17, 15) is 9.18 Å². The second-order valence-corrected chi connectivity index (χ2v) is 8.09. The highest BCUT2D eigenvalue weighted by Crippen LogP contribution is 2.46. The van der Waals surface area contributed by atoms with Gasteiger partial charge in [-0.1, -0.05) is 23.4 Å². The number of rotatable bonds is 6. The van der Waals surface area contributed by atoms with Crippen LogP contribution in [0.3, 0.4) is 0 Å². The van der Waals surface area contributed by atoms with E-state index in [1.807, 2.05) is 0 Å². The number of halogens is 1. The highest BCUT2D eigenvalue weighted by molar-refractivity contribution is 6.05. The van der Waals surface area contributed by atoms with Crippen molar-refractivity contribution in [1.82, 2.24) is 10.2 Å². The molecule has 1 aliphatic carbocycles. The summed E-state index contributed by atoms with van der Waals surface area (Å²) in [6.07, 6.45) is 2.51. The van der Waals surface area contributed by atoms with Gasteiger partial charge in [0.2, 0.25) is 5.60 Å². The molecule has 0 bridgehead atoms. The first-order valence-corrected chi connectivity index (χ1v) is 9.58. The van der Waals surface area contributed by atoms with Crippen LogP contribution < -0.4 is 5.32 Å². The lowest BCUT2D eigenvalue weighted by atomic mass is 9.94. The number of amides is 1. The molecule has 4 rings (SSSR count). The summed E-state index contributed by atoms with van der Waals surface area (Å²) in [5.74, 6) is -0.544. The fourth-order valence-corrected chi connectivity index (χ4v) is 3.76. The average molecular weight is 375 g/mol. The highest BCUT2D eigenvalue weighted by atomic mass is 19.1. The number of nitrogens with zero attached hydrogens (tertiary/aromatic N) is 2. The van der Waals surface area contributed by atoms with E-state index in [4.69, 9.17) is 9.57 Å². The second kappa shape index (κ2) is 7.20. The summed E-state index contributed by atoms with van der Waals surface area (Å²) in [5, 5.41) is 7.04. The Morgan fingerprint density at radius 1 is 1.30 bits per heavy atom. The second-order valence-electron chi connectivity index (χ2n) is 8.09. The Hall–Kier alpha value is -1.99. The maximum atomic E-state index is 14.0. The number of morpholine rings is 1. The Kier molecular flexibility index (Phi) is 4.90. The minimum absolute atomic E-state index is 0.164. The van der Waals surface area contributed by atoms with Crippen molar-refractivity contribution < 1.29 is 18.8 Å². The molecule has 3 aliphatic rings. The molecule has 1 N–H and O–H groups in total. The third kappa shape index (κ3) is 3.99. The summed E-state index contributed by atoms with van der Waals surface area (Å²) >= 11 is 0. The molecule has 0 radical (unpaired) electrons. The van der Waals surface area contributed by atoms with E-state index >= 15 is 0 Å². The van der Waals surface area contributed by atoms with Crippen molar-refractivity contribution in [2.24, 2.45) is 10.6 Å². The number of hydrogen-bond donors (Lipinski definition) is 1. The zero-order valence-electron chi connectivity index (χ0n) is 15.7. The summed E-state index contributed by atoms with van der Waals surface area (Å²) in [4.78, 5) is 20.6. The van der Waals surface area contributed by atoms with Gasteiger partial charge in [-0.15, -0.1) is 0 Å². The maximum absolute atomic E-state index is 14.0. The third-order valence-electron chi connectivity index (χ3n) is 5.77. The first-order chi connectivity index (χ1) is 13.0. The molecule has 1 atom stereocenters. The molecular weight excluding hydrogens is 349 g/mol. The van der Waals surface area contributed by atoms with Crippen LogP contribution >= 0.6 is 0 Å². The molecule has 1 aromatic rings. The number of nitrogens with one attached hydrogen (secondary N) is 1. The maximum Gasteiger partial charge on any atom is 0.267 e. The molecule has 2 aliphatic heterocycles. The van der Waals surface area contributed by atoms with Crippen LogP contribution in [0.5, 0.6) is 0 Å². The quantitative estimate of drug-likeness (QED) is 0.825. The molecule has 7 heteroatoms. The predicted molar refractivity (Wildman–Crippen MR) is 99.0 cm³/mol. The Labute approximate surface area is 158 Å². The monoisotopic (exact) mass is 375 g/mol. The normalized spacial score (nSPS) is 27.0. The van der Waals surface area contributed by atoms with E-state index in [2.05, 4.69) is 15.4 Å². The first kappa shape index (κ1) is 18.4. The Bertz CT molecular complexity index is 744. The minimum atomic E-state index is -1.09. The van der Waals surface area contributed by atoms with Crippen molar-refractivity contribution in [2.75, 3.05) is 39.4 Å². The molecule has 1 amide bonds. The van der Waals surface area contributed by atoms with Gasteiger partial charge in [-0.3, -0.25) is 9.69 Å². The highest BCUT2D eigenvalue weighted by Gasteiger charge is 2.47. The molecule has 27 heavy (non-hydrogen) atoms. The van der Waals surface area contributed by atoms with Crippen LogP contribution in [0, 0.1) is 11.2 Å². The molecule has 1 unspecified atom stereocenters. The van der Waals surface area contributed by atoms with E-state index in [1.165, 1.54) is 6.07 Å². The molecule has 6 nitrogen and oxygen atoms in total. The van der Waals surface area contributed by atoms with Crippen molar-refractivity contribution in [3.63, 3.8) is 0 Å². The van der Waals surface area contributed by atoms with Gasteiger partial charge in [0.15, 0.2) is 0 Å². The average Bonchev–Trinajstić information content (AvgIpc) is 3.32. The van der Waals surface area contributed by atoms with E-state index in [0.717, 1.165) is 45.7 Å². The topological polar surface area (TPSA) is 63.2 Å². The number of benzene rings is 1. The number of oxime groups is 1. The van der Waals surface area contributed by atoms with E-state index in [1.54, 1.807) is 25.1 Å². The van der Waals surface area contributed by atoms with Crippen molar-refractivity contribution in [1.29, 1.82) is 0 Å². The first-order valence-electron chi connectivity index (χ1n) is 9.58.